The number of aryl methyl sites for hydroxylation is 1. The number of carboxylic acid groups (broad SMARTS) is 1. The molecule has 1 aromatic heterocycles. The summed E-state index contributed by atoms with van der Waals surface area (Å²) in [7, 11) is -8.23. The highest BCUT2D eigenvalue weighted by Gasteiger charge is 2.43. The van der Waals surface area contributed by atoms with Crippen LogP contribution in [-0.2, 0) is 34.4 Å². The molecule has 2 atom stereocenters. The van der Waals surface area contributed by atoms with Gasteiger partial charge in [-0.15, -0.1) is 11.3 Å². The number of hydrogen-bond donors (Lipinski definition) is 4. The minimum atomic E-state index is -4.20. The van der Waals surface area contributed by atoms with E-state index in [-0.39, 0.29) is 47.4 Å². The number of carbonyl (C=O) groups is 4. The number of aromatic nitrogens is 1. The van der Waals surface area contributed by atoms with Crippen molar-refractivity contribution in [2.45, 2.75) is 35.6 Å². The van der Waals surface area contributed by atoms with Gasteiger partial charge in [0.25, 0.3) is 10.0 Å². The molecule has 262 valence electrons. The fourth-order valence-corrected chi connectivity index (χ4v) is 8.14. The summed E-state index contributed by atoms with van der Waals surface area (Å²) < 4.78 is 54.8. The smallest absolute Gasteiger partial charge is 0.305 e. The number of Topliss-reactive ketones (excluding diaryl/α,β-unsaturated/α-hetero) is 1. The van der Waals surface area contributed by atoms with Gasteiger partial charge in [-0.3, -0.25) is 24.2 Å². The van der Waals surface area contributed by atoms with Crippen molar-refractivity contribution < 1.29 is 41.1 Å². The lowest BCUT2D eigenvalue weighted by Gasteiger charge is -2.38. The normalized spacial score (nSPS) is 16.6. The fourth-order valence-electron chi connectivity index (χ4n) is 4.94. The summed E-state index contributed by atoms with van der Waals surface area (Å²) in [4.78, 5) is 60.0. The largest absolute Gasteiger partial charge is 0.481 e. The molecule has 1 saturated heterocycles. The van der Waals surface area contributed by atoms with Gasteiger partial charge in [0.2, 0.25) is 27.8 Å². The number of nitrogens with two attached hydrogens (primary N) is 1. The van der Waals surface area contributed by atoms with E-state index in [9.17, 15) is 41.1 Å². The fraction of sp³-hybridized carbons (Fsp3) is 0.333. The zero-order valence-corrected chi connectivity index (χ0v) is 28.7. The van der Waals surface area contributed by atoms with E-state index in [1.54, 1.807) is 23.6 Å². The molecule has 0 spiro atoms. The molecule has 1 unspecified atom stereocenters. The number of amides is 2. The highest BCUT2D eigenvalue weighted by molar-refractivity contribution is 7.90. The van der Waals surface area contributed by atoms with Crippen molar-refractivity contribution in [2.24, 2.45) is 16.6 Å². The van der Waals surface area contributed by atoms with Crippen LogP contribution in [0.1, 0.15) is 28.2 Å². The van der Waals surface area contributed by atoms with Crippen LogP contribution in [-0.4, -0.2) is 104 Å². The molecule has 19 heteroatoms. The van der Waals surface area contributed by atoms with Gasteiger partial charge in [-0.1, -0.05) is 35.9 Å². The third-order valence-corrected chi connectivity index (χ3v) is 11.5. The number of thiazole rings is 1. The highest BCUT2D eigenvalue weighted by atomic mass is 32.2. The molecule has 2 aromatic carbocycles. The lowest BCUT2D eigenvalue weighted by atomic mass is 10.0. The Balaban J connectivity index is 1.38. The summed E-state index contributed by atoms with van der Waals surface area (Å²) in [6.45, 7) is 0.647. The van der Waals surface area contributed by atoms with Gasteiger partial charge in [-0.2, -0.15) is 4.31 Å². The van der Waals surface area contributed by atoms with Crippen LogP contribution in [0.2, 0.25) is 0 Å². The molecule has 2 heterocycles. The lowest BCUT2D eigenvalue weighted by Crippen LogP contribution is -2.60. The number of nitrogens with one attached hydrogen (secondary N) is 2. The Kier molecular flexibility index (Phi) is 12.2. The molecule has 3 aromatic rings. The third kappa shape index (κ3) is 9.68. The number of sulfonamides is 2. The van der Waals surface area contributed by atoms with Gasteiger partial charge in [-0.25, -0.2) is 26.5 Å². The van der Waals surface area contributed by atoms with E-state index in [0.717, 1.165) is 26.1 Å². The summed E-state index contributed by atoms with van der Waals surface area (Å²) in [5.41, 5.74) is 6.71. The number of hydrogen-bond acceptors (Lipinski definition) is 11. The Hall–Kier alpha value is -4.72. The second-order valence-electron chi connectivity index (χ2n) is 11.0. The second-order valence-corrected chi connectivity index (χ2v) is 15.5. The molecule has 0 radical (unpaired) electrons. The van der Waals surface area contributed by atoms with Crippen molar-refractivity contribution in [2.75, 3.05) is 32.7 Å². The van der Waals surface area contributed by atoms with Crippen LogP contribution in [0.3, 0.4) is 0 Å². The van der Waals surface area contributed by atoms with Gasteiger partial charge in [0.05, 0.1) is 29.3 Å². The predicted octanol–water partition coefficient (Wildman–Crippen LogP) is 0.426. The first-order valence-corrected chi connectivity index (χ1v) is 18.7. The number of aliphatic imine (C=N–C) groups is 1. The van der Waals surface area contributed by atoms with Gasteiger partial charge in [-0.05, 0) is 37.6 Å². The van der Waals surface area contributed by atoms with Crippen LogP contribution in [0.25, 0.3) is 0 Å². The first-order chi connectivity index (χ1) is 23.2. The molecule has 1 fully saturated rings. The number of carbonyl (C=O) groups excluding carboxylic acids is 3. The molecule has 1 aliphatic rings. The predicted molar refractivity (Wildman–Crippen MR) is 179 cm³/mol. The molecule has 16 nitrogen and oxygen atoms in total. The highest BCUT2D eigenvalue weighted by Crippen LogP contribution is 2.24. The quantitative estimate of drug-likeness (QED) is 0.0949. The first-order valence-electron chi connectivity index (χ1n) is 14.9. The minimum Gasteiger partial charge on any atom is -0.481 e. The van der Waals surface area contributed by atoms with Crippen LogP contribution in [0.5, 0.6) is 0 Å². The Bertz CT molecular complexity index is 1900. The average molecular weight is 734 g/mol. The SMILES string of the molecule is Cc1ccc(S(=O)(=O)NC(N)=NCC(CCNC(=O)CN2CCN(S(=O)(=O)c3ccccc3)[C@@H](CC(=O)O)C2=O)C(=O)c2nccs2)cc1. The summed E-state index contributed by atoms with van der Waals surface area (Å²) in [5, 5.41) is 13.8. The van der Waals surface area contributed by atoms with E-state index in [4.69, 9.17) is 5.73 Å². The lowest BCUT2D eigenvalue weighted by molar-refractivity contribution is -0.148. The Morgan fingerprint density at radius 1 is 1.06 bits per heavy atom. The van der Waals surface area contributed by atoms with Crippen LogP contribution < -0.4 is 15.8 Å². The number of ketones is 1. The van der Waals surface area contributed by atoms with Gasteiger partial charge in [0, 0.05) is 37.1 Å². The van der Waals surface area contributed by atoms with Crippen molar-refractivity contribution >= 4 is 60.9 Å². The number of nitrogens with zero attached hydrogens (tertiary/aromatic N) is 4. The van der Waals surface area contributed by atoms with Crippen molar-refractivity contribution in [3.05, 3.63) is 76.7 Å². The van der Waals surface area contributed by atoms with E-state index in [1.807, 2.05) is 6.92 Å². The van der Waals surface area contributed by atoms with Crippen molar-refractivity contribution in [1.82, 2.24) is 24.2 Å². The van der Waals surface area contributed by atoms with Gasteiger partial charge < -0.3 is 21.1 Å². The molecular formula is C30H35N7O9S3. The molecular weight excluding hydrogens is 699 g/mol. The molecule has 0 saturated carbocycles. The van der Waals surface area contributed by atoms with Gasteiger partial charge in [0.1, 0.15) is 6.04 Å². The zero-order chi connectivity index (χ0) is 35.8. The van der Waals surface area contributed by atoms with E-state index >= 15 is 0 Å². The van der Waals surface area contributed by atoms with Gasteiger partial charge >= 0.3 is 5.97 Å². The minimum absolute atomic E-state index is 0.0265. The number of rotatable bonds is 15. The maximum Gasteiger partial charge on any atom is 0.305 e. The van der Waals surface area contributed by atoms with Crippen molar-refractivity contribution in [3.8, 4) is 0 Å². The van der Waals surface area contributed by atoms with E-state index in [0.29, 0.717) is 0 Å². The third-order valence-electron chi connectivity index (χ3n) is 7.47. The van der Waals surface area contributed by atoms with Gasteiger partial charge in [0.15, 0.2) is 10.8 Å². The van der Waals surface area contributed by atoms with Crippen LogP contribution in [0, 0.1) is 12.8 Å². The molecule has 1 aliphatic heterocycles. The maximum atomic E-state index is 13.3. The average Bonchev–Trinajstić information content (AvgIpc) is 3.60. The Morgan fingerprint density at radius 2 is 1.76 bits per heavy atom. The van der Waals surface area contributed by atoms with Crippen molar-refractivity contribution in [3.63, 3.8) is 0 Å². The van der Waals surface area contributed by atoms with E-state index in [1.165, 1.54) is 42.6 Å². The Morgan fingerprint density at radius 3 is 2.39 bits per heavy atom. The molecule has 4 rings (SSSR count). The van der Waals surface area contributed by atoms with Crippen molar-refractivity contribution in [1.29, 1.82) is 0 Å². The number of benzene rings is 2. The zero-order valence-electron chi connectivity index (χ0n) is 26.3. The number of piperazine rings is 1. The standard InChI is InChI=1S/C30H35N7O9S3/c1-20-7-9-22(10-8-20)48(43,44)35-30(31)34-18-21(27(41)28-33-13-16-47-28)11-12-32-25(38)19-36-14-15-37(24(29(36)42)17-26(39)40)49(45,46)23-5-3-2-4-6-23/h2-10,13,16,21,24H,11-12,14-15,17-19H2,1H3,(H,32,38)(H,39,40)(H3,31,34,35)/t21?,24-/m0/s1. The Labute approximate surface area is 287 Å². The number of aliphatic carboxylic acids is 1. The van der Waals surface area contributed by atoms with E-state index < -0.39 is 74.5 Å². The van der Waals surface area contributed by atoms with Crippen LogP contribution >= 0.6 is 11.3 Å². The number of guanidine groups is 1. The first kappa shape index (κ1) is 37.1. The summed E-state index contributed by atoms with van der Waals surface area (Å²) in [6.07, 6.45) is 0.697. The van der Waals surface area contributed by atoms with E-state index in [2.05, 4.69) is 20.0 Å². The molecule has 2 amide bonds. The monoisotopic (exact) mass is 733 g/mol. The topological polar surface area (TPSA) is 239 Å². The van der Waals surface area contributed by atoms with Crippen LogP contribution in [0.15, 0.2) is 81.0 Å². The molecule has 0 aliphatic carbocycles. The molecule has 0 bridgehead atoms. The second kappa shape index (κ2) is 16.1. The summed E-state index contributed by atoms with van der Waals surface area (Å²) in [6, 6.07) is 11.8. The maximum absolute atomic E-state index is 13.3. The summed E-state index contributed by atoms with van der Waals surface area (Å²) in [5.74, 6) is -4.55. The molecule has 5 N–H and O–H groups in total. The van der Waals surface area contributed by atoms with Crippen LogP contribution in [0.4, 0.5) is 0 Å². The number of carboxylic acids is 1. The summed E-state index contributed by atoms with van der Waals surface area (Å²) >= 11 is 1.10. The molecule has 49 heavy (non-hydrogen) atoms.